The third kappa shape index (κ3) is 3.95. The van der Waals surface area contributed by atoms with E-state index in [0.29, 0.717) is 5.56 Å². The number of nitrogens with zero attached hydrogens (tertiary/aromatic N) is 1. The number of rotatable bonds is 4. The van der Waals surface area contributed by atoms with E-state index in [1.165, 1.54) is 6.08 Å². The van der Waals surface area contributed by atoms with Gasteiger partial charge in [0, 0.05) is 24.7 Å². The minimum Gasteiger partial charge on any atom is -0.478 e. The van der Waals surface area contributed by atoms with E-state index in [1.54, 1.807) is 24.1 Å². The third-order valence-corrected chi connectivity index (χ3v) is 3.03. The van der Waals surface area contributed by atoms with Crippen molar-refractivity contribution in [3.05, 3.63) is 41.0 Å². The first-order valence-corrected chi connectivity index (χ1v) is 6.11. The first-order valence-electron chi connectivity index (χ1n) is 6.11. The molecule has 1 N–H and O–H groups in total. The number of carboxylic acids is 1. The second kappa shape index (κ2) is 6.18. The number of amides is 1. The Bertz CT molecular complexity index is 518. The second-order valence-corrected chi connectivity index (χ2v) is 4.75. The number of aliphatic carboxylic acids is 1. The highest BCUT2D eigenvalue weighted by atomic mass is 16.4. The number of carbonyl (C=O) groups is 2. The van der Waals surface area contributed by atoms with E-state index in [-0.39, 0.29) is 11.9 Å². The summed E-state index contributed by atoms with van der Waals surface area (Å²) in [5, 5.41) is 8.64. The molecule has 0 bridgehead atoms. The number of carboxylic acid groups (broad SMARTS) is 1. The summed E-state index contributed by atoms with van der Waals surface area (Å²) in [7, 11) is 1.75. The van der Waals surface area contributed by atoms with Crippen molar-refractivity contribution >= 4 is 18.0 Å². The Morgan fingerprint density at radius 1 is 1.32 bits per heavy atom. The van der Waals surface area contributed by atoms with Crippen LogP contribution in [0.25, 0.3) is 6.08 Å². The first-order chi connectivity index (χ1) is 8.82. The molecule has 1 amide bonds. The van der Waals surface area contributed by atoms with Gasteiger partial charge in [-0.3, -0.25) is 4.79 Å². The van der Waals surface area contributed by atoms with E-state index in [4.69, 9.17) is 5.11 Å². The van der Waals surface area contributed by atoms with Gasteiger partial charge >= 0.3 is 5.97 Å². The minimum absolute atomic E-state index is 0.0695. The van der Waals surface area contributed by atoms with Gasteiger partial charge in [-0.1, -0.05) is 6.07 Å². The summed E-state index contributed by atoms with van der Waals surface area (Å²) in [6, 6.07) is 5.42. The molecule has 0 radical (unpaired) electrons. The van der Waals surface area contributed by atoms with Crippen LogP contribution in [0.3, 0.4) is 0 Å². The van der Waals surface area contributed by atoms with Crippen LogP contribution in [0, 0.1) is 6.92 Å². The highest BCUT2D eigenvalue weighted by Gasteiger charge is 2.14. The summed E-state index contributed by atoms with van der Waals surface area (Å²) in [5.41, 5.74) is 2.23. The Labute approximate surface area is 113 Å². The van der Waals surface area contributed by atoms with Gasteiger partial charge in [-0.25, -0.2) is 4.79 Å². The molecule has 0 saturated carbocycles. The van der Waals surface area contributed by atoms with Gasteiger partial charge in [-0.2, -0.15) is 0 Å². The van der Waals surface area contributed by atoms with Crippen LogP contribution in [-0.2, 0) is 4.79 Å². The van der Waals surface area contributed by atoms with Gasteiger partial charge in [-0.15, -0.1) is 0 Å². The second-order valence-electron chi connectivity index (χ2n) is 4.75. The number of aryl methyl sites for hydroxylation is 1. The van der Waals surface area contributed by atoms with Gasteiger partial charge in [-0.05, 0) is 50.1 Å². The maximum absolute atomic E-state index is 12.2. The largest absolute Gasteiger partial charge is 0.478 e. The molecule has 1 aromatic carbocycles. The summed E-state index contributed by atoms with van der Waals surface area (Å²) < 4.78 is 0. The van der Waals surface area contributed by atoms with Gasteiger partial charge < -0.3 is 10.0 Å². The van der Waals surface area contributed by atoms with Crippen LogP contribution < -0.4 is 0 Å². The zero-order valence-electron chi connectivity index (χ0n) is 11.7. The highest BCUT2D eigenvalue weighted by molar-refractivity contribution is 5.95. The molecule has 102 valence electrons. The van der Waals surface area contributed by atoms with Crippen molar-refractivity contribution in [2.75, 3.05) is 7.05 Å². The first kappa shape index (κ1) is 15.0. The van der Waals surface area contributed by atoms with Crippen molar-refractivity contribution in [1.82, 2.24) is 4.90 Å². The predicted molar refractivity (Wildman–Crippen MR) is 75.1 cm³/mol. The van der Waals surface area contributed by atoms with Crippen LogP contribution in [0.5, 0.6) is 0 Å². The summed E-state index contributed by atoms with van der Waals surface area (Å²) in [4.78, 5) is 24.4. The fraction of sp³-hybridized carbons (Fsp3) is 0.333. The number of benzene rings is 1. The van der Waals surface area contributed by atoms with Crippen molar-refractivity contribution in [1.29, 1.82) is 0 Å². The normalized spacial score (nSPS) is 11.0. The molecule has 19 heavy (non-hydrogen) atoms. The maximum atomic E-state index is 12.2. The van der Waals surface area contributed by atoms with E-state index < -0.39 is 5.97 Å². The molecule has 0 atom stereocenters. The van der Waals surface area contributed by atoms with Crippen LogP contribution in [0.15, 0.2) is 24.3 Å². The Morgan fingerprint density at radius 2 is 1.95 bits per heavy atom. The standard InChI is InChI=1S/C15H19NO3/c1-10(2)16(4)15(19)13-6-5-11(3)12(9-13)7-8-14(17)18/h5-10H,1-4H3,(H,17,18)/b8-7+. The number of carbonyl (C=O) groups excluding carboxylic acids is 1. The summed E-state index contributed by atoms with van der Waals surface area (Å²) in [6.45, 7) is 5.76. The smallest absolute Gasteiger partial charge is 0.328 e. The summed E-state index contributed by atoms with van der Waals surface area (Å²) in [6.07, 6.45) is 2.58. The molecular weight excluding hydrogens is 242 g/mol. The molecular formula is C15H19NO3. The zero-order chi connectivity index (χ0) is 14.6. The van der Waals surface area contributed by atoms with Gasteiger partial charge in [0.25, 0.3) is 5.91 Å². The lowest BCUT2D eigenvalue weighted by molar-refractivity contribution is -0.131. The van der Waals surface area contributed by atoms with E-state index in [1.807, 2.05) is 26.8 Å². The molecule has 1 rings (SSSR count). The summed E-state index contributed by atoms with van der Waals surface area (Å²) >= 11 is 0. The van der Waals surface area contributed by atoms with Gasteiger partial charge in [0.2, 0.25) is 0 Å². The zero-order valence-corrected chi connectivity index (χ0v) is 11.7. The van der Waals surface area contributed by atoms with E-state index in [9.17, 15) is 9.59 Å². The fourth-order valence-electron chi connectivity index (χ4n) is 1.55. The molecule has 1 aromatic rings. The molecule has 0 aliphatic carbocycles. The molecule has 0 fully saturated rings. The van der Waals surface area contributed by atoms with Crippen molar-refractivity contribution in [2.24, 2.45) is 0 Å². The highest BCUT2D eigenvalue weighted by Crippen LogP contribution is 2.15. The molecule has 0 aliphatic rings. The molecule has 4 nitrogen and oxygen atoms in total. The van der Waals surface area contributed by atoms with Crippen molar-refractivity contribution in [2.45, 2.75) is 26.8 Å². The monoisotopic (exact) mass is 261 g/mol. The Kier molecular flexibility index (Phi) is 4.87. The molecule has 0 unspecified atom stereocenters. The van der Waals surface area contributed by atoms with Crippen LogP contribution >= 0.6 is 0 Å². The molecule has 0 aromatic heterocycles. The van der Waals surface area contributed by atoms with Crippen LogP contribution in [0.4, 0.5) is 0 Å². The summed E-state index contributed by atoms with van der Waals surface area (Å²) in [5.74, 6) is -1.07. The minimum atomic E-state index is -1.00. The van der Waals surface area contributed by atoms with Gasteiger partial charge in [0.1, 0.15) is 0 Å². The fourth-order valence-corrected chi connectivity index (χ4v) is 1.55. The van der Waals surface area contributed by atoms with Crippen molar-refractivity contribution < 1.29 is 14.7 Å². The van der Waals surface area contributed by atoms with Crippen LogP contribution in [-0.4, -0.2) is 35.0 Å². The van der Waals surface area contributed by atoms with Gasteiger partial charge in [0.15, 0.2) is 0 Å². The maximum Gasteiger partial charge on any atom is 0.328 e. The van der Waals surface area contributed by atoms with E-state index >= 15 is 0 Å². The average molecular weight is 261 g/mol. The molecule has 4 heteroatoms. The Hall–Kier alpha value is -2.10. The van der Waals surface area contributed by atoms with Crippen molar-refractivity contribution in [3.63, 3.8) is 0 Å². The Morgan fingerprint density at radius 3 is 2.47 bits per heavy atom. The predicted octanol–water partition coefficient (Wildman–Crippen LogP) is 2.57. The molecule has 0 heterocycles. The third-order valence-electron chi connectivity index (χ3n) is 3.03. The number of hydrogen-bond donors (Lipinski definition) is 1. The molecule has 0 saturated heterocycles. The van der Waals surface area contributed by atoms with E-state index in [2.05, 4.69) is 0 Å². The lowest BCUT2D eigenvalue weighted by Gasteiger charge is -2.21. The lowest BCUT2D eigenvalue weighted by atomic mass is 10.0. The SMILES string of the molecule is Cc1ccc(C(=O)N(C)C(C)C)cc1/C=C/C(=O)O. The average Bonchev–Trinajstić information content (AvgIpc) is 2.35. The van der Waals surface area contributed by atoms with E-state index in [0.717, 1.165) is 17.2 Å². The molecule has 0 aliphatic heterocycles. The lowest BCUT2D eigenvalue weighted by Crippen LogP contribution is -2.33. The quantitative estimate of drug-likeness (QED) is 0.847. The topological polar surface area (TPSA) is 57.6 Å². The number of hydrogen-bond acceptors (Lipinski definition) is 2. The van der Waals surface area contributed by atoms with Gasteiger partial charge in [0.05, 0.1) is 0 Å². The van der Waals surface area contributed by atoms with Crippen LogP contribution in [0.1, 0.15) is 35.3 Å². The van der Waals surface area contributed by atoms with Crippen molar-refractivity contribution in [3.8, 4) is 0 Å². The molecule has 0 spiro atoms. The Balaban J connectivity index is 3.09. The van der Waals surface area contributed by atoms with Crippen LogP contribution in [0.2, 0.25) is 0 Å².